The Bertz CT molecular complexity index is 484. The number of aromatic nitrogens is 2. The van der Waals surface area contributed by atoms with Gasteiger partial charge < -0.3 is 24.7 Å². The molecule has 3 heterocycles. The summed E-state index contributed by atoms with van der Waals surface area (Å²) in [5, 5.41) is 5.92. The van der Waals surface area contributed by atoms with E-state index in [1.165, 1.54) is 0 Å². The van der Waals surface area contributed by atoms with Crippen molar-refractivity contribution in [3.63, 3.8) is 0 Å². The van der Waals surface area contributed by atoms with Crippen LogP contribution in [0, 0.1) is 5.92 Å². The van der Waals surface area contributed by atoms with Gasteiger partial charge in [-0.25, -0.2) is 9.78 Å². The van der Waals surface area contributed by atoms with Crippen LogP contribution in [-0.2, 0) is 16.0 Å². The molecule has 0 saturated carbocycles. The van der Waals surface area contributed by atoms with Gasteiger partial charge in [0.05, 0.1) is 26.1 Å². The standard InChI is InChI=1S/C16H27N5O3/c22-16(18-3-5-20-4-2-17-13-20)19-11-15(14-1-8-24-12-14)21-6-9-23-10-7-21/h2,4,13-15H,1,3,5-12H2,(H2,18,19,22)/t14-,15-/m1/s1. The molecule has 8 nitrogen and oxygen atoms in total. The van der Waals surface area contributed by atoms with Crippen LogP contribution in [-0.4, -0.2) is 79.1 Å². The zero-order valence-corrected chi connectivity index (χ0v) is 14.0. The van der Waals surface area contributed by atoms with E-state index in [1.54, 1.807) is 12.5 Å². The lowest BCUT2D eigenvalue weighted by Gasteiger charge is -2.37. The van der Waals surface area contributed by atoms with Gasteiger partial charge in [-0.2, -0.15) is 0 Å². The lowest BCUT2D eigenvalue weighted by atomic mass is 9.97. The van der Waals surface area contributed by atoms with Crippen molar-refractivity contribution >= 4 is 6.03 Å². The molecular weight excluding hydrogens is 310 g/mol. The summed E-state index contributed by atoms with van der Waals surface area (Å²) in [6, 6.07) is 0.197. The van der Waals surface area contributed by atoms with E-state index in [4.69, 9.17) is 9.47 Å². The van der Waals surface area contributed by atoms with Crippen molar-refractivity contribution in [1.82, 2.24) is 25.1 Å². The number of carbonyl (C=O) groups is 1. The first-order valence-corrected chi connectivity index (χ1v) is 8.70. The molecule has 0 aliphatic carbocycles. The normalized spacial score (nSPS) is 23.1. The van der Waals surface area contributed by atoms with Crippen LogP contribution in [0.3, 0.4) is 0 Å². The first-order chi connectivity index (χ1) is 11.8. The second kappa shape index (κ2) is 9.00. The van der Waals surface area contributed by atoms with Crippen molar-refractivity contribution in [2.45, 2.75) is 19.0 Å². The zero-order chi connectivity index (χ0) is 16.6. The highest BCUT2D eigenvalue weighted by Crippen LogP contribution is 2.21. The monoisotopic (exact) mass is 337 g/mol. The Morgan fingerprint density at radius 1 is 1.25 bits per heavy atom. The summed E-state index contributed by atoms with van der Waals surface area (Å²) in [6.07, 6.45) is 6.42. The minimum absolute atomic E-state index is 0.118. The van der Waals surface area contributed by atoms with E-state index in [9.17, 15) is 4.79 Å². The fraction of sp³-hybridized carbons (Fsp3) is 0.750. The third-order valence-corrected chi connectivity index (χ3v) is 4.71. The van der Waals surface area contributed by atoms with Crippen LogP contribution in [0.25, 0.3) is 0 Å². The molecule has 0 spiro atoms. The van der Waals surface area contributed by atoms with Crippen molar-refractivity contribution in [2.75, 3.05) is 52.6 Å². The number of morpholine rings is 1. The molecule has 2 atom stereocenters. The second-order valence-corrected chi connectivity index (χ2v) is 6.28. The molecule has 0 bridgehead atoms. The minimum atomic E-state index is -0.118. The largest absolute Gasteiger partial charge is 0.381 e. The van der Waals surface area contributed by atoms with Gasteiger partial charge in [0.15, 0.2) is 0 Å². The summed E-state index contributed by atoms with van der Waals surface area (Å²) >= 11 is 0. The highest BCUT2D eigenvalue weighted by Gasteiger charge is 2.31. The molecule has 2 saturated heterocycles. The first-order valence-electron chi connectivity index (χ1n) is 8.70. The summed E-state index contributed by atoms with van der Waals surface area (Å²) < 4.78 is 12.9. The number of amides is 2. The summed E-state index contributed by atoms with van der Waals surface area (Å²) in [6.45, 7) is 6.92. The number of nitrogens with one attached hydrogen (secondary N) is 2. The number of ether oxygens (including phenoxy) is 2. The fourth-order valence-corrected chi connectivity index (χ4v) is 3.34. The van der Waals surface area contributed by atoms with Crippen LogP contribution in [0.5, 0.6) is 0 Å². The minimum Gasteiger partial charge on any atom is -0.381 e. The molecule has 3 rings (SSSR count). The molecule has 2 aliphatic rings. The van der Waals surface area contributed by atoms with E-state index < -0.39 is 0 Å². The highest BCUT2D eigenvalue weighted by molar-refractivity contribution is 5.73. The van der Waals surface area contributed by atoms with Crippen LogP contribution in [0.2, 0.25) is 0 Å². The molecule has 8 heteroatoms. The number of carbonyl (C=O) groups excluding carboxylic acids is 1. The molecule has 134 valence electrons. The van der Waals surface area contributed by atoms with Gasteiger partial charge in [-0.15, -0.1) is 0 Å². The van der Waals surface area contributed by atoms with Crippen LogP contribution < -0.4 is 10.6 Å². The Labute approximate surface area is 142 Å². The average molecular weight is 337 g/mol. The molecule has 1 aromatic rings. The van der Waals surface area contributed by atoms with Crippen molar-refractivity contribution in [3.05, 3.63) is 18.7 Å². The Kier molecular flexibility index (Phi) is 6.45. The summed E-state index contributed by atoms with van der Waals surface area (Å²) in [4.78, 5) is 18.5. The quantitative estimate of drug-likeness (QED) is 0.727. The van der Waals surface area contributed by atoms with Crippen LogP contribution >= 0.6 is 0 Å². The predicted molar refractivity (Wildman–Crippen MR) is 88.7 cm³/mol. The van der Waals surface area contributed by atoms with Crippen LogP contribution in [0.4, 0.5) is 4.79 Å². The second-order valence-electron chi connectivity index (χ2n) is 6.28. The maximum Gasteiger partial charge on any atom is 0.314 e. The Morgan fingerprint density at radius 3 is 2.83 bits per heavy atom. The van der Waals surface area contributed by atoms with E-state index in [-0.39, 0.29) is 6.03 Å². The highest BCUT2D eigenvalue weighted by atomic mass is 16.5. The van der Waals surface area contributed by atoms with Gasteiger partial charge in [0, 0.05) is 63.7 Å². The Balaban J connectivity index is 1.42. The van der Waals surface area contributed by atoms with Crippen LogP contribution in [0.15, 0.2) is 18.7 Å². The number of hydrogen-bond acceptors (Lipinski definition) is 5. The van der Waals surface area contributed by atoms with E-state index >= 15 is 0 Å². The maximum atomic E-state index is 12.1. The molecule has 0 radical (unpaired) electrons. The summed E-state index contributed by atoms with van der Waals surface area (Å²) in [5.41, 5.74) is 0. The number of urea groups is 1. The van der Waals surface area contributed by atoms with Crippen LogP contribution in [0.1, 0.15) is 6.42 Å². The zero-order valence-electron chi connectivity index (χ0n) is 14.0. The molecule has 2 aliphatic heterocycles. The van der Waals surface area contributed by atoms with E-state index in [2.05, 4.69) is 20.5 Å². The fourth-order valence-electron chi connectivity index (χ4n) is 3.34. The molecule has 0 unspecified atom stereocenters. The molecule has 2 amide bonds. The summed E-state index contributed by atoms with van der Waals surface area (Å²) in [5.74, 6) is 0.481. The average Bonchev–Trinajstić information content (AvgIpc) is 3.30. The maximum absolute atomic E-state index is 12.1. The van der Waals surface area contributed by atoms with Crippen molar-refractivity contribution < 1.29 is 14.3 Å². The van der Waals surface area contributed by atoms with Crippen molar-refractivity contribution in [2.24, 2.45) is 5.92 Å². The van der Waals surface area contributed by atoms with Gasteiger partial charge in [-0.3, -0.25) is 4.90 Å². The third-order valence-electron chi connectivity index (χ3n) is 4.71. The molecule has 2 N–H and O–H groups in total. The molecule has 24 heavy (non-hydrogen) atoms. The predicted octanol–water partition coefficient (Wildman–Crippen LogP) is -0.0804. The summed E-state index contributed by atoms with van der Waals surface area (Å²) in [7, 11) is 0. The number of imidazole rings is 1. The van der Waals surface area contributed by atoms with Gasteiger partial charge in [0.25, 0.3) is 0 Å². The van der Waals surface area contributed by atoms with Gasteiger partial charge >= 0.3 is 6.03 Å². The SMILES string of the molecule is O=C(NCCn1ccnc1)NC[C@H]([C@@H]1CCOC1)N1CCOCC1. The van der Waals surface area contributed by atoms with E-state index in [0.717, 1.165) is 52.5 Å². The van der Waals surface area contributed by atoms with Crippen molar-refractivity contribution in [1.29, 1.82) is 0 Å². The molecule has 2 fully saturated rings. The van der Waals surface area contributed by atoms with Gasteiger partial charge in [-0.05, 0) is 6.42 Å². The number of nitrogens with zero attached hydrogens (tertiary/aromatic N) is 3. The van der Waals surface area contributed by atoms with Crippen molar-refractivity contribution in [3.8, 4) is 0 Å². The number of hydrogen-bond donors (Lipinski definition) is 2. The van der Waals surface area contributed by atoms with E-state index in [0.29, 0.717) is 25.0 Å². The first kappa shape index (κ1) is 17.2. The Morgan fingerprint density at radius 2 is 2.12 bits per heavy atom. The smallest absolute Gasteiger partial charge is 0.314 e. The van der Waals surface area contributed by atoms with Gasteiger partial charge in [0.1, 0.15) is 0 Å². The van der Waals surface area contributed by atoms with E-state index in [1.807, 2.05) is 10.8 Å². The van der Waals surface area contributed by atoms with Gasteiger partial charge in [-0.1, -0.05) is 0 Å². The lowest BCUT2D eigenvalue weighted by molar-refractivity contribution is 0.00213. The molecular formula is C16H27N5O3. The molecule has 0 aromatic carbocycles. The van der Waals surface area contributed by atoms with Gasteiger partial charge in [0.2, 0.25) is 0 Å². The topological polar surface area (TPSA) is 80.7 Å². The lowest BCUT2D eigenvalue weighted by Crippen LogP contribution is -2.53. The Hall–Kier alpha value is -1.64. The molecule has 1 aromatic heterocycles. The third kappa shape index (κ3) is 4.93. The number of rotatable bonds is 7.